The maximum absolute atomic E-state index is 12.6. The standard InChI is InChI=1S/C22H22Cl2N4OS/c1-4-11-28-21(17-10-9-16(23)12-18(17)24)26-27-22(28)30-13-19(29)25-20-14(3)7-6-8-15(20)5-2/h4,6-10,12H,1,5,11,13H2,2-3H3,(H,25,29). The number of para-hydroxylation sites is 1. The van der Waals surface area contributed by atoms with E-state index in [9.17, 15) is 4.79 Å². The number of benzene rings is 2. The van der Waals surface area contributed by atoms with Crippen LogP contribution in [0.1, 0.15) is 18.1 Å². The number of anilines is 1. The van der Waals surface area contributed by atoms with Crippen molar-refractivity contribution in [1.82, 2.24) is 14.8 Å². The molecule has 1 N–H and O–H groups in total. The number of carbonyl (C=O) groups excluding carboxylic acids is 1. The molecular formula is C22H22Cl2N4OS. The number of allylic oxidation sites excluding steroid dienone is 1. The quantitative estimate of drug-likeness (QED) is 0.328. The van der Waals surface area contributed by atoms with Crippen molar-refractivity contribution in [3.63, 3.8) is 0 Å². The zero-order valence-electron chi connectivity index (χ0n) is 16.8. The van der Waals surface area contributed by atoms with Crippen LogP contribution in [-0.2, 0) is 17.8 Å². The largest absolute Gasteiger partial charge is 0.325 e. The fourth-order valence-corrected chi connectivity index (χ4v) is 4.31. The fraction of sp³-hybridized carbons (Fsp3) is 0.227. The van der Waals surface area contributed by atoms with Gasteiger partial charge in [0.05, 0.1) is 10.8 Å². The summed E-state index contributed by atoms with van der Waals surface area (Å²) in [5.41, 5.74) is 3.76. The summed E-state index contributed by atoms with van der Waals surface area (Å²) in [6.07, 6.45) is 2.60. The summed E-state index contributed by atoms with van der Waals surface area (Å²) < 4.78 is 1.88. The van der Waals surface area contributed by atoms with E-state index in [2.05, 4.69) is 29.0 Å². The maximum atomic E-state index is 12.6. The molecule has 1 amide bonds. The molecule has 0 atom stereocenters. The summed E-state index contributed by atoms with van der Waals surface area (Å²) in [5.74, 6) is 0.719. The van der Waals surface area contributed by atoms with Crippen LogP contribution in [0.4, 0.5) is 5.69 Å². The lowest BCUT2D eigenvalue weighted by Gasteiger charge is -2.13. The van der Waals surface area contributed by atoms with Crippen molar-refractivity contribution in [2.75, 3.05) is 11.1 Å². The molecule has 0 aliphatic heterocycles. The molecule has 0 saturated carbocycles. The minimum Gasteiger partial charge on any atom is -0.325 e. The molecule has 0 aliphatic carbocycles. The molecule has 0 fully saturated rings. The van der Waals surface area contributed by atoms with Gasteiger partial charge in [-0.05, 0) is 42.7 Å². The van der Waals surface area contributed by atoms with Crippen molar-refractivity contribution in [2.24, 2.45) is 0 Å². The van der Waals surface area contributed by atoms with Crippen LogP contribution in [0, 0.1) is 6.92 Å². The summed E-state index contributed by atoms with van der Waals surface area (Å²) in [4.78, 5) is 12.6. The molecule has 3 aromatic rings. The smallest absolute Gasteiger partial charge is 0.234 e. The molecule has 2 aromatic carbocycles. The third kappa shape index (κ3) is 5.06. The molecule has 0 spiro atoms. The number of hydrogen-bond acceptors (Lipinski definition) is 4. The fourth-order valence-electron chi connectivity index (χ4n) is 3.07. The average molecular weight is 461 g/mol. The summed E-state index contributed by atoms with van der Waals surface area (Å²) in [6, 6.07) is 11.2. The van der Waals surface area contributed by atoms with Crippen molar-refractivity contribution >= 4 is 46.6 Å². The lowest BCUT2D eigenvalue weighted by atomic mass is 10.1. The molecule has 8 heteroatoms. The predicted molar refractivity (Wildman–Crippen MR) is 126 cm³/mol. The van der Waals surface area contributed by atoms with Gasteiger partial charge in [-0.1, -0.05) is 66.2 Å². The van der Waals surface area contributed by atoms with E-state index in [1.165, 1.54) is 11.8 Å². The van der Waals surface area contributed by atoms with Gasteiger partial charge in [-0.3, -0.25) is 9.36 Å². The second-order valence-corrected chi connectivity index (χ2v) is 8.42. The van der Waals surface area contributed by atoms with Crippen molar-refractivity contribution in [2.45, 2.75) is 32.0 Å². The van der Waals surface area contributed by atoms with Gasteiger partial charge in [0, 0.05) is 22.8 Å². The Bertz CT molecular complexity index is 1080. The lowest BCUT2D eigenvalue weighted by molar-refractivity contribution is -0.113. The molecule has 1 heterocycles. The first-order valence-electron chi connectivity index (χ1n) is 9.45. The number of aromatic nitrogens is 3. The molecule has 0 radical (unpaired) electrons. The van der Waals surface area contributed by atoms with Crippen molar-refractivity contribution < 1.29 is 4.79 Å². The molecule has 0 unspecified atom stereocenters. The van der Waals surface area contributed by atoms with Crippen molar-refractivity contribution in [3.05, 3.63) is 70.2 Å². The van der Waals surface area contributed by atoms with E-state index in [0.29, 0.717) is 27.6 Å². The monoisotopic (exact) mass is 460 g/mol. The Hall–Kier alpha value is -2.28. The minimum atomic E-state index is -0.0942. The Morgan fingerprint density at radius 1 is 1.27 bits per heavy atom. The molecule has 3 rings (SSSR count). The highest BCUT2D eigenvalue weighted by atomic mass is 35.5. The molecular weight excluding hydrogens is 439 g/mol. The topological polar surface area (TPSA) is 59.8 Å². The van der Waals surface area contributed by atoms with E-state index in [-0.39, 0.29) is 11.7 Å². The molecule has 0 bridgehead atoms. The van der Waals surface area contributed by atoms with E-state index in [4.69, 9.17) is 23.2 Å². The molecule has 30 heavy (non-hydrogen) atoms. The number of aryl methyl sites for hydroxylation is 2. The summed E-state index contributed by atoms with van der Waals surface area (Å²) in [7, 11) is 0. The molecule has 1 aromatic heterocycles. The highest BCUT2D eigenvalue weighted by molar-refractivity contribution is 7.99. The number of rotatable bonds is 8. The third-order valence-corrected chi connectivity index (χ3v) is 6.05. The summed E-state index contributed by atoms with van der Waals surface area (Å²) in [6.45, 7) is 8.36. The first-order chi connectivity index (χ1) is 14.4. The zero-order valence-corrected chi connectivity index (χ0v) is 19.1. The van der Waals surface area contributed by atoms with Gasteiger partial charge in [0.15, 0.2) is 11.0 Å². The van der Waals surface area contributed by atoms with Crippen LogP contribution < -0.4 is 5.32 Å². The van der Waals surface area contributed by atoms with Gasteiger partial charge in [0.1, 0.15) is 0 Å². The van der Waals surface area contributed by atoms with Crippen LogP contribution in [0.15, 0.2) is 54.2 Å². The van der Waals surface area contributed by atoms with Gasteiger partial charge in [0.25, 0.3) is 0 Å². The van der Waals surface area contributed by atoms with Gasteiger partial charge in [0.2, 0.25) is 5.91 Å². The van der Waals surface area contributed by atoms with Gasteiger partial charge in [-0.15, -0.1) is 16.8 Å². The Balaban J connectivity index is 1.78. The SMILES string of the molecule is C=CCn1c(SCC(=O)Nc2c(C)cccc2CC)nnc1-c1ccc(Cl)cc1Cl. The lowest BCUT2D eigenvalue weighted by Crippen LogP contribution is -2.16. The van der Waals surface area contributed by atoms with Gasteiger partial charge >= 0.3 is 0 Å². The number of nitrogens with one attached hydrogen (secondary N) is 1. The van der Waals surface area contributed by atoms with E-state index >= 15 is 0 Å². The van der Waals surface area contributed by atoms with E-state index < -0.39 is 0 Å². The van der Waals surface area contributed by atoms with Crippen LogP contribution in [0.2, 0.25) is 10.0 Å². The molecule has 0 saturated heterocycles. The third-order valence-electron chi connectivity index (χ3n) is 4.54. The van der Waals surface area contributed by atoms with Gasteiger partial charge in [-0.2, -0.15) is 0 Å². The number of amides is 1. The number of carbonyl (C=O) groups is 1. The van der Waals surface area contributed by atoms with Crippen LogP contribution in [-0.4, -0.2) is 26.4 Å². The predicted octanol–water partition coefficient (Wildman–Crippen LogP) is 6.04. The average Bonchev–Trinajstić information content (AvgIpc) is 3.10. The Labute approximate surface area is 190 Å². The van der Waals surface area contributed by atoms with Crippen LogP contribution in [0.3, 0.4) is 0 Å². The van der Waals surface area contributed by atoms with E-state index in [0.717, 1.165) is 28.8 Å². The van der Waals surface area contributed by atoms with E-state index in [1.807, 2.05) is 29.7 Å². The highest BCUT2D eigenvalue weighted by Crippen LogP contribution is 2.31. The Kier molecular flexibility index (Phi) is 7.58. The second kappa shape index (κ2) is 10.2. The van der Waals surface area contributed by atoms with Crippen LogP contribution in [0.25, 0.3) is 11.4 Å². The number of hydrogen-bond donors (Lipinski definition) is 1. The first kappa shape index (κ1) is 22.4. The number of halogens is 2. The number of thioether (sulfide) groups is 1. The van der Waals surface area contributed by atoms with Crippen LogP contribution in [0.5, 0.6) is 0 Å². The first-order valence-corrected chi connectivity index (χ1v) is 11.2. The highest BCUT2D eigenvalue weighted by Gasteiger charge is 2.18. The summed E-state index contributed by atoms with van der Waals surface area (Å²) in [5, 5.41) is 13.2. The summed E-state index contributed by atoms with van der Waals surface area (Å²) >= 11 is 13.7. The minimum absolute atomic E-state index is 0.0942. The second-order valence-electron chi connectivity index (χ2n) is 6.63. The van der Waals surface area contributed by atoms with E-state index in [1.54, 1.807) is 24.3 Å². The van der Waals surface area contributed by atoms with Gasteiger partial charge < -0.3 is 5.32 Å². The number of nitrogens with zero attached hydrogens (tertiary/aromatic N) is 3. The normalized spacial score (nSPS) is 10.8. The maximum Gasteiger partial charge on any atom is 0.234 e. The molecule has 156 valence electrons. The molecule has 0 aliphatic rings. The van der Waals surface area contributed by atoms with Crippen LogP contribution >= 0.6 is 35.0 Å². The van der Waals surface area contributed by atoms with Crippen molar-refractivity contribution in [3.8, 4) is 11.4 Å². The Morgan fingerprint density at radius 3 is 2.77 bits per heavy atom. The van der Waals surface area contributed by atoms with Crippen molar-refractivity contribution in [1.29, 1.82) is 0 Å². The zero-order chi connectivity index (χ0) is 21.7. The molecule has 5 nitrogen and oxygen atoms in total. The van der Waals surface area contributed by atoms with Gasteiger partial charge in [-0.25, -0.2) is 0 Å². The Morgan fingerprint density at radius 2 is 2.07 bits per heavy atom.